The minimum atomic E-state index is -0.766. The minimum Gasteiger partial charge on any atom is -0.433 e. The number of carbonyl (C=O) groups excluding carboxylic acids is 2. The summed E-state index contributed by atoms with van der Waals surface area (Å²) in [6.07, 6.45) is 3.28. The number of carbonyl (C=O) groups is 2. The molecule has 2 saturated heterocycles. The summed E-state index contributed by atoms with van der Waals surface area (Å²) in [7, 11) is 0. The first-order valence-electron chi connectivity index (χ1n) is 8.66. The van der Waals surface area contributed by atoms with Crippen molar-refractivity contribution in [1.29, 1.82) is 0 Å². The molecule has 25 heavy (non-hydrogen) atoms. The number of aromatic nitrogens is 2. The molecule has 2 aliphatic heterocycles. The topological polar surface area (TPSA) is 84.9 Å². The monoisotopic (exact) mass is 348 g/mol. The van der Waals surface area contributed by atoms with E-state index in [1.165, 1.54) is 0 Å². The van der Waals surface area contributed by atoms with Crippen LogP contribution < -0.4 is 4.90 Å². The summed E-state index contributed by atoms with van der Waals surface area (Å²) in [6.45, 7) is 6.54. The molecule has 1 aromatic rings. The second-order valence-corrected chi connectivity index (χ2v) is 6.77. The van der Waals surface area contributed by atoms with E-state index in [1.807, 2.05) is 18.7 Å². The standard InChI is InChI=1S/C17H24N4O4/c1-12(2)10-13(16-24-11-14(22)25-16)15(23)20-6-8-21(9-7-20)17-18-4-3-5-19-17/h3-5,12-13,16H,6-11H2,1-2H3/t13-,16?/m1/s1. The molecule has 8 nitrogen and oxygen atoms in total. The molecular weight excluding hydrogens is 324 g/mol. The lowest BCUT2D eigenvalue weighted by Gasteiger charge is -2.37. The van der Waals surface area contributed by atoms with Crippen LogP contribution in [-0.4, -0.2) is 65.8 Å². The number of cyclic esters (lactones) is 1. The Bertz CT molecular complexity index is 602. The van der Waals surface area contributed by atoms with Gasteiger partial charge in [0.25, 0.3) is 0 Å². The first-order valence-corrected chi connectivity index (χ1v) is 8.66. The summed E-state index contributed by atoms with van der Waals surface area (Å²) in [5.41, 5.74) is 0. The fraction of sp³-hybridized carbons (Fsp3) is 0.647. The number of anilines is 1. The van der Waals surface area contributed by atoms with E-state index in [0.29, 0.717) is 44.5 Å². The third kappa shape index (κ3) is 4.25. The highest BCUT2D eigenvalue weighted by atomic mass is 16.7. The quantitative estimate of drug-likeness (QED) is 0.724. The number of rotatable bonds is 5. The van der Waals surface area contributed by atoms with E-state index in [2.05, 4.69) is 14.9 Å². The molecule has 0 aromatic carbocycles. The van der Waals surface area contributed by atoms with Crippen LogP contribution in [0.2, 0.25) is 0 Å². The second-order valence-electron chi connectivity index (χ2n) is 6.77. The zero-order valence-corrected chi connectivity index (χ0v) is 14.6. The highest BCUT2D eigenvalue weighted by Gasteiger charge is 2.39. The molecule has 2 aliphatic rings. The predicted molar refractivity (Wildman–Crippen MR) is 89.6 cm³/mol. The van der Waals surface area contributed by atoms with E-state index >= 15 is 0 Å². The summed E-state index contributed by atoms with van der Waals surface area (Å²) < 4.78 is 10.6. The number of ether oxygens (including phenoxy) is 2. The molecule has 0 saturated carbocycles. The molecule has 0 N–H and O–H groups in total. The van der Waals surface area contributed by atoms with Gasteiger partial charge in [0, 0.05) is 38.6 Å². The molecule has 136 valence electrons. The van der Waals surface area contributed by atoms with Crippen LogP contribution in [0.3, 0.4) is 0 Å². The van der Waals surface area contributed by atoms with Crippen LogP contribution in [0.25, 0.3) is 0 Å². The molecule has 3 heterocycles. The van der Waals surface area contributed by atoms with Crippen molar-refractivity contribution in [2.75, 3.05) is 37.7 Å². The second kappa shape index (κ2) is 7.77. The lowest BCUT2D eigenvalue weighted by Crippen LogP contribution is -2.52. The molecule has 1 unspecified atom stereocenters. The fourth-order valence-electron chi connectivity index (χ4n) is 3.20. The molecule has 0 radical (unpaired) electrons. The van der Waals surface area contributed by atoms with E-state index in [1.54, 1.807) is 18.5 Å². The highest BCUT2D eigenvalue weighted by molar-refractivity contribution is 5.81. The van der Waals surface area contributed by atoms with Gasteiger partial charge < -0.3 is 19.3 Å². The Kier molecular flexibility index (Phi) is 5.47. The van der Waals surface area contributed by atoms with Crippen molar-refractivity contribution in [2.45, 2.75) is 26.6 Å². The van der Waals surface area contributed by atoms with Crippen LogP contribution in [0.5, 0.6) is 0 Å². The Morgan fingerprint density at radius 1 is 1.24 bits per heavy atom. The number of nitrogens with zero attached hydrogens (tertiary/aromatic N) is 4. The third-order valence-corrected chi connectivity index (χ3v) is 4.41. The van der Waals surface area contributed by atoms with Crippen molar-refractivity contribution in [1.82, 2.24) is 14.9 Å². The Morgan fingerprint density at radius 3 is 2.48 bits per heavy atom. The summed E-state index contributed by atoms with van der Waals surface area (Å²) in [4.78, 5) is 36.7. The van der Waals surface area contributed by atoms with Gasteiger partial charge >= 0.3 is 5.97 Å². The van der Waals surface area contributed by atoms with E-state index in [4.69, 9.17) is 9.47 Å². The molecule has 2 fully saturated rings. The van der Waals surface area contributed by atoms with Gasteiger partial charge in [0.1, 0.15) is 12.5 Å². The number of hydrogen-bond donors (Lipinski definition) is 0. The van der Waals surface area contributed by atoms with Crippen molar-refractivity contribution >= 4 is 17.8 Å². The summed E-state index contributed by atoms with van der Waals surface area (Å²) in [6, 6.07) is 1.78. The van der Waals surface area contributed by atoms with Gasteiger partial charge in [-0.3, -0.25) is 4.79 Å². The maximum atomic E-state index is 13.0. The smallest absolute Gasteiger partial charge is 0.334 e. The Hall–Kier alpha value is -2.22. The van der Waals surface area contributed by atoms with E-state index < -0.39 is 18.2 Å². The number of esters is 1. The molecule has 0 spiro atoms. The first kappa shape index (κ1) is 17.6. The first-order chi connectivity index (χ1) is 12.0. The van der Waals surface area contributed by atoms with Crippen molar-refractivity contribution in [3.8, 4) is 0 Å². The number of hydrogen-bond acceptors (Lipinski definition) is 7. The SMILES string of the molecule is CC(C)C[C@H](C(=O)N1CCN(c2ncccn2)CC1)C1OCC(=O)O1. The van der Waals surface area contributed by atoms with Gasteiger partial charge in [0.15, 0.2) is 0 Å². The van der Waals surface area contributed by atoms with Gasteiger partial charge in [-0.1, -0.05) is 13.8 Å². The zero-order chi connectivity index (χ0) is 17.8. The van der Waals surface area contributed by atoms with Gasteiger partial charge in [0.2, 0.25) is 18.1 Å². The van der Waals surface area contributed by atoms with Crippen LogP contribution >= 0.6 is 0 Å². The summed E-state index contributed by atoms with van der Waals surface area (Å²) in [5, 5.41) is 0. The number of piperazine rings is 1. The molecule has 0 bridgehead atoms. The van der Waals surface area contributed by atoms with Gasteiger partial charge in [0.05, 0.1) is 0 Å². The Morgan fingerprint density at radius 2 is 1.92 bits per heavy atom. The van der Waals surface area contributed by atoms with Crippen molar-refractivity contribution in [3.63, 3.8) is 0 Å². The van der Waals surface area contributed by atoms with Crippen LogP contribution in [0.4, 0.5) is 5.95 Å². The zero-order valence-electron chi connectivity index (χ0n) is 14.6. The normalized spacial score (nSPS) is 22.2. The average Bonchev–Trinajstić information content (AvgIpc) is 3.06. The third-order valence-electron chi connectivity index (χ3n) is 4.41. The lowest BCUT2D eigenvalue weighted by molar-refractivity contribution is -0.160. The van der Waals surface area contributed by atoms with E-state index in [-0.39, 0.29) is 12.5 Å². The van der Waals surface area contributed by atoms with Crippen LogP contribution in [0, 0.1) is 11.8 Å². The lowest BCUT2D eigenvalue weighted by atomic mass is 9.94. The summed E-state index contributed by atoms with van der Waals surface area (Å²) in [5.74, 6) is 0.114. The Balaban J connectivity index is 1.62. The Labute approximate surface area is 147 Å². The molecule has 1 aromatic heterocycles. The van der Waals surface area contributed by atoms with Crippen molar-refractivity contribution < 1.29 is 19.1 Å². The van der Waals surface area contributed by atoms with Gasteiger partial charge in [-0.05, 0) is 18.4 Å². The maximum Gasteiger partial charge on any atom is 0.334 e. The highest BCUT2D eigenvalue weighted by Crippen LogP contribution is 2.25. The van der Waals surface area contributed by atoms with Crippen molar-refractivity contribution in [2.24, 2.45) is 11.8 Å². The van der Waals surface area contributed by atoms with Crippen molar-refractivity contribution in [3.05, 3.63) is 18.5 Å². The van der Waals surface area contributed by atoms with Crippen LogP contribution in [-0.2, 0) is 19.1 Å². The molecular formula is C17H24N4O4. The van der Waals surface area contributed by atoms with Gasteiger partial charge in [-0.25, -0.2) is 14.8 Å². The van der Waals surface area contributed by atoms with Crippen LogP contribution in [0.15, 0.2) is 18.5 Å². The largest absolute Gasteiger partial charge is 0.433 e. The number of amides is 1. The van der Waals surface area contributed by atoms with E-state index in [9.17, 15) is 9.59 Å². The van der Waals surface area contributed by atoms with Gasteiger partial charge in [-0.2, -0.15) is 0 Å². The molecule has 0 aliphatic carbocycles. The minimum absolute atomic E-state index is 0.0120. The molecule has 1 amide bonds. The van der Waals surface area contributed by atoms with E-state index in [0.717, 1.165) is 0 Å². The average molecular weight is 348 g/mol. The molecule has 8 heteroatoms. The maximum absolute atomic E-state index is 13.0. The molecule has 3 rings (SSSR count). The molecule has 2 atom stereocenters. The van der Waals surface area contributed by atoms with Gasteiger partial charge in [-0.15, -0.1) is 0 Å². The summed E-state index contributed by atoms with van der Waals surface area (Å²) >= 11 is 0. The fourth-order valence-corrected chi connectivity index (χ4v) is 3.20. The predicted octanol–water partition coefficient (Wildman–Crippen LogP) is 0.687. The van der Waals surface area contributed by atoms with Crippen LogP contribution in [0.1, 0.15) is 20.3 Å².